The van der Waals surface area contributed by atoms with Gasteiger partial charge in [0.05, 0.1) is 11.1 Å². The Morgan fingerprint density at radius 1 is 1.22 bits per heavy atom. The summed E-state index contributed by atoms with van der Waals surface area (Å²) in [6, 6.07) is 8.98. The minimum atomic E-state index is -0.249. The molecule has 0 unspecified atom stereocenters. The van der Waals surface area contributed by atoms with Gasteiger partial charge in [0.1, 0.15) is 6.54 Å². The maximum absolute atomic E-state index is 12.8. The van der Waals surface area contributed by atoms with E-state index in [0.29, 0.717) is 22.8 Å². The predicted molar refractivity (Wildman–Crippen MR) is 101 cm³/mol. The molecular weight excluding hydrogens is 344 g/mol. The van der Waals surface area contributed by atoms with Crippen LogP contribution < -0.4 is 5.56 Å². The molecule has 7 heteroatoms. The summed E-state index contributed by atoms with van der Waals surface area (Å²) < 4.78 is 6.92. The molecular formula is C20H22N4O3. The van der Waals surface area contributed by atoms with E-state index in [4.69, 9.17) is 4.52 Å². The second kappa shape index (κ2) is 6.98. The summed E-state index contributed by atoms with van der Waals surface area (Å²) in [5.74, 6) is 1.03. The summed E-state index contributed by atoms with van der Waals surface area (Å²) in [5.41, 5.74) is 1.04. The zero-order valence-corrected chi connectivity index (χ0v) is 15.5. The fourth-order valence-electron chi connectivity index (χ4n) is 3.46. The van der Waals surface area contributed by atoms with E-state index in [1.165, 1.54) is 10.6 Å². The molecule has 1 aliphatic heterocycles. The molecule has 0 radical (unpaired) electrons. The Kier molecular flexibility index (Phi) is 4.51. The fourth-order valence-corrected chi connectivity index (χ4v) is 3.46. The maximum atomic E-state index is 12.8. The van der Waals surface area contributed by atoms with E-state index in [0.717, 1.165) is 31.3 Å². The molecule has 3 aromatic rings. The lowest BCUT2D eigenvalue weighted by atomic mass is 10.1. The first-order valence-corrected chi connectivity index (χ1v) is 9.29. The van der Waals surface area contributed by atoms with Crippen LogP contribution in [0.15, 0.2) is 39.6 Å². The molecule has 7 nitrogen and oxygen atoms in total. The van der Waals surface area contributed by atoms with Crippen molar-refractivity contribution in [3.8, 4) is 11.5 Å². The first-order chi connectivity index (χ1) is 13.0. The van der Waals surface area contributed by atoms with Gasteiger partial charge in [-0.2, -0.15) is 4.98 Å². The van der Waals surface area contributed by atoms with Gasteiger partial charge in [0.2, 0.25) is 5.91 Å². The van der Waals surface area contributed by atoms with Crippen LogP contribution in [0.5, 0.6) is 0 Å². The minimum Gasteiger partial charge on any atom is -0.341 e. The van der Waals surface area contributed by atoms with E-state index in [2.05, 4.69) is 10.1 Å². The van der Waals surface area contributed by atoms with Gasteiger partial charge < -0.3 is 9.42 Å². The molecule has 27 heavy (non-hydrogen) atoms. The third-order valence-electron chi connectivity index (χ3n) is 4.96. The zero-order valence-electron chi connectivity index (χ0n) is 15.5. The molecule has 0 atom stereocenters. The molecule has 0 aliphatic carbocycles. The smallest absolute Gasteiger partial charge is 0.258 e. The Morgan fingerprint density at radius 2 is 1.96 bits per heavy atom. The van der Waals surface area contributed by atoms with Crippen molar-refractivity contribution >= 4 is 16.8 Å². The number of aromatic nitrogens is 3. The van der Waals surface area contributed by atoms with Gasteiger partial charge >= 0.3 is 0 Å². The van der Waals surface area contributed by atoms with Crippen molar-refractivity contribution in [2.24, 2.45) is 0 Å². The van der Waals surface area contributed by atoms with Gasteiger partial charge in [0.25, 0.3) is 11.4 Å². The molecule has 0 spiro atoms. The Morgan fingerprint density at radius 3 is 2.67 bits per heavy atom. The van der Waals surface area contributed by atoms with E-state index < -0.39 is 0 Å². The monoisotopic (exact) mass is 366 g/mol. The molecule has 0 saturated carbocycles. The number of likely N-dealkylation sites (tertiary alicyclic amines) is 1. The molecule has 1 amide bonds. The molecule has 2 aromatic heterocycles. The number of carbonyl (C=O) groups excluding carboxylic acids is 1. The van der Waals surface area contributed by atoms with Crippen LogP contribution in [0.1, 0.15) is 38.4 Å². The number of para-hydroxylation sites is 1. The Bertz CT molecular complexity index is 1040. The summed E-state index contributed by atoms with van der Waals surface area (Å²) >= 11 is 0. The summed E-state index contributed by atoms with van der Waals surface area (Å²) in [4.78, 5) is 31.6. The van der Waals surface area contributed by atoms with Crippen LogP contribution in [0, 0.1) is 0 Å². The lowest BCUT2D eigenvalue weighted by molar-refractivity contribution is -0.130. The molecule has 0 N–H and O–H groups in total. The van der Waals surface area contributed by atoms with Crippen LogP contribution in [-0.4, -0.2) is 38.6 Å². The van der Waals surface area contributed by atoms with E-state index in [-0.39, 0.29) is 23.9 Å². The van der Waals surface area contributed by atoms with Gasteiger partial charge in [0.15, 0.2) is 5.82 Å². The van der Waals surface area contributed by atoms with E-state index in [9.17, 15) is 9.59 Å². The van der Waals surface area contributed by atoms with Crippen molar-refractivity contribution in [3.05, 3.63) is 46.5 Å². The van der Waals surface area contributed by atoms with Crippen LogP contribution in [-0.2, 0) is 11.3 Å². The lowest BCUT2D eigenvalue weighted by Gasteiger charge is -2.17. The highest BCUT2D eigenvalue weighted by atomic mass is 16.5. The topological polar surface area (TPSA) is 81.2 Å². The number of pyridine rings is 1. The number of carbonyl (C=O) groups is 1. The highest BCUT2D eigenvalue weighted by Gasteiger charge is 2.21. The zero-order chi connectivity index (χ0) is 19.0. The molecule has 3 heterocycles. The number of rotatable bonds is 4. The number of benzene rings is 1. The van der Waals surface area contributed by atoms with Gasteiger partial charge in [-0.05, 0) is 18.9 Å². The molecule has 0 bridgehead atoms. The summed E-state index contributed by atoms with van der Waals surface area (Å²) in [6.45, 7) is 5.54. The van der Waals surface area contributed by atoms with Gasteiger partial charge in [0, 0.05) is 30.5 Å². The van der Waals surface area contributed by atoms with Crippen molar-refractivity contribution in [1.29, 1.82) is 0 Å². The van der Waals surface area contributed by atoms with Crippen LogP contribution in [0.3, 0.4) is 0 Å². The van der Waals surface area contributed by atoms with E-state index >= 15 is 0 Å². The van der Waals surface area contributed by atoms with Crippen molar-refractivity contribution in [2.75, 3.05) is 13.1 Å². The quantitative estimate of drug-likeness (QED) is 0.709. The number of amides is 1. The highest BCUT2D eigenvalue weighted by molar-refractivity contribution is 5.93. The third-order valence-corrected chi connectivity index (χ3v) is 4.96. The summed E-state index contributed by atoms with van der Waals surface area (Å²) in [5, 5.41) is 4.81. The maximum Gasteiger partial charge on any atom is 0.258 e. The molecule has 1 aromatic carbocycles. The largest absolute Gasteiger partial charge is 0.341 e. The summed E-state index contributed by atoms with van der Waals surface area (Å²) in [6.07, 6.45) is 2.05. The highest BCUT2D eigenvalue weighted by Crippen LogP contribution is 2.27. The van der Waals surface area contributed by atoms with Gasteiger partial charge in [-0.1, -0.05) is 37.2 Å². The third kappa shape index (κ3) is 3.25. The van der Waals surface area contributed by atoms with Crippen molar-refractivity contribution in [2.45, 2.75) is 39.2 Å². The fraction of sp³-hybridized carbons (Fsp3) is 0.400. The summed E-state index contributed by atoms with van der Waals surface area (Å²) in [7, 11) is 0. The van der Waals surface area contributed by atoms with Crippen molar-refractivity contribution in [1.82, 2.24) is 19.6 Å². The van der Waals surface area contributed by atoms with Gasteiger partial charge in [-0.25, -0.2) is 0 Å². The molecule has 1 saturated heterocycles. The first-order valence-electron chi connectivity index (χ1n) is 9.29. The number of fused-ring (bicyclic) bond motifs is 1. The molecule has 1 fully saturated rings. The number of nitrogens with zero attached hydrogens (tertiary/aromatic N) is 4. The van der Waals surface area contributed by atoms with Crippen LogP contribution in [0.25, 0.3) is 22.4 Å². The molecule has 1 aliphatic rings. The van der Waals surface area contributed by atoms with Crippen LogP contribution >= 0.6 is 0 Å². The lowest BCUT2D eigenvalue weighted by Crippen LogP contribution is -2.34. The van der Waals surface area contributed by atoms with E-state index in [1.807, 2.05) is 43.0 Å². The standard InChI is InChI=1S/C20H22N4O3/c1-13(2)19-21-20(27-22-19)15-11-17(25)24(16-8-4-3-7-14(15)16)12-18(26)23-9-5-6-10-23/h3-4,7-8,11,13H,5-6,9-10,12H2,1-2H3. The van der Waals surface area contributed by atoms with Crippen LogP contribution in [0.4, 0.5) is 0 Å². The SMILES string of the molecule is CC(C)c1noc(-c2cc(=O)n(CC(=O)N3CCCC3)c3ccccc23)n1. The van der Waals surface area contributed by atoms with Gasteiger partial charge in [-0.3, -0.25) is 14.2 Å². The van der Waals surface area contributed by atoms with Crippen molar-refractivity contribution < 1.29 is 9.32 Å². The number of hydrogen-bond acceptors (Lipinski definition) is 5. The molecule has 4 rings (SSSR count). The minimum absolute atomic E-state index is 0.0209. The van der Waals surface area contributed by atoms with E-state index in [1.54, 1.807) is 0 Å². The van der Waals surface area contributed by atoms with Crippen molar-refractivity contribution in [3.63, 3.8) is 0 Å². The number of hydrogen-bond donors (Lipinski definition) is 0. The Balaban J connectivity index is 1.79. The van der Waals surface area contributed by atoms with Crippen LogP contribution in [0.2, 0.25) is 0 Å². The molecule has 140 valence electrons. The Labute approximate surface area is 156 Å². The van der Waals surface area contributed by atoms with Gasteiger partial charge in [-0.15, -0.1) is 0 Å². The Hall–Kier alpha value is -2.96. The first kappa shape index (κ1) is 17.5. The normalized spacial score (nSPS) is 14.4. The average molecular weight is 366 g/mol. The second-order valence-corrected chi connectivity index (χ2v) is 7.20. The second-order valence-electron chi connectivity index (χ2n) is 7.20. The predicted octanol–water partition coefficient (Wildman–Crippen LogP) is 2.80. The average Bonchev–Trinajstić information content (AvgIpc) is 3.35.